The summed E-state index contributed by atoms with van der Waals surface area (Å²) in [5, 5.41) is 2.94. The van der Waals surface area contributed by atoms with Gasteiger partial charge in [0.2, 0.25) is 5.95 Å². The summed E-state index contributed by atoms with van der Waals surface area (Å²) in [6, 6.07) is 1.73. The standard InChI is InChI=1S/C16H27N5O2/c1-4-20(5-2)7-6-17-15(22)14-12-13(3)18-16(19-14)21-8-10-23-11-9-21/h12H,4-11H2,1-3H3,(H,17,22). The van der Waals surface area contributed by atoms with Crippen LogP contribution in [0.4, 0.5) is 5.95 Å². The van der Waals surface area contributed by atoms with Gasteiger partial charge in [-0.25, -0.2) is 9.97 Å². The van der Waals surface area contributed by atoms with Crippen molar-refractivity contribution in [2.75, 3.05) is 57.4 Å². The van der Waals surface area contributed by atoms with E-state index < -0.39 is 0 Å². The summed E-state index contributed by atoms with van der Waals surface area (Å²) in [7, 11) is 0. The Morgan fingerprint density at radius 1 is 1.30 bits per heavy atom. The molecule has 1 aromatic rings. The van der Waals surface area contributed by atoms with E-state index in [1.165, 1.54) is 0 Å². The first-order chi connectivity index (χ1) is 11.1. The normalized spacial score (nSPS) is 15.0. The number of nitrogens with one attached hydrogen (secondary N) is 1. The molecule has 0 bridgehead atoms. The number of morpholine rings is 1. The number of likely N-dealkylation sites (N-methyl/N-ethyl adjacent to an activating group) is 1. The van der Waals surface area contributed by atoms with Gasteiger partial charge in [0, 0.05) is 31.9 Å². The van der Waals surface area contributed by atoms with E-state index in [9.17, 15) is 4.79 Å². The molecule has 1 aliphatic rings. The van der Waals surface area contributed by atoms with Crippen molar-refractivity contribution >= 4 is 11.9 Å². The van der Waals surface area contributed by atoms with Crippen LogP contribution >= 0.6 is 0 Å². The van der Waals surface area contributed by atoms with Crippen LogP contribution in [-0.2, 0) is 4.74 Å². The highest BCUT2D eigenvalue weighted by Gasteiger charge is 2.17. The molecule has 0 unspecified atom stereocenters. The number of rotatable bonds is 7. The van der Waals surface area contributed by atoms with Crippen LogP contribution in [0, 0.1) is 6.92 Å². The van der Waals surface area contributed by atoms with Crippen LogP contribution in [0.15, 0.2) is 6.07 Å². The average molecular weight is 321 g/mol. The molecule has 128 valence electrons. The van der Waals surface area contributed by atoms with Gasteiger partial charge in [-0.3, -0.25) is 4.79 Å². The summed E-state index contributed by atoms with van der Waals surface area (Å²) in [4.78, 5) is 25.5. The van der Waals surface area contributed by atoms with Crippen LogP contribution in [0.2, 0.25) is 0 Å². The first kappa shape index (κ1) is 17.6. The maximum Gasteiger partial charge on any atom is 0.270 e. The first-order valence-electron chi connectivity index (χ1n) is 8.33. The predicted octanol–water partition coefficient (Wildman–Crippen LogP) is 0.693. The summed E-state index contributed by atoms with van der Waals surface area (Å²) in [5.41, 5.74) is 1.23. The number of carbonyl (C=O) groups is 1. The van der Waals surface area contributed by atoms with E-state index in [1.54, 1.807) is 6.07 Å². The summed E-state index contributed by atoms with van der Waals surface area (Å²) in [6.45, 7) is 12.4. The van der Waals surface area contributed by atoms with Crippen molar-refractivity contribution in [3.8, 4) is 0 Å². The van der Waals surface area contributed by atoms with E-state index in [4.69, 9.17) is 4.74 Å². The molecule has 0 aromatic carbocycles. The first-order valence-corrected chi connectivity index (χ1v) is 8.33. The molecule has 7 nitrogen and oxygen atoms in total. The molecular weight excluding hydrogens is 294 g/mol. The molecule has 2 heterocycles. The second-order valence-corrected chi connectivity index (χ2v) is 5.58. The number of hydrogen-bond donors (Lipinski definition) is 1. The van der Waals surface area contributed by atoms with Crippen LogP contribution in [0.5, 0.6) is 0 Å². The molecule has 1 aliphatic heterocycles. The molecule has 1 fully saturated rings. The third-order valence-electron chi connectivity index (χ3n) is 3.98. The predicted molar refractivity (Wildman–Crippen MR) is 89.9 cm³/mol. The number of nitrogens with zero attached hydrogens (tertiary/aromatic N) is 4. The second-order valence-electron chi connectivity index (χ2n) is 5.58. The van der Waals surface area contributed by atoms with E-state index in [-0.39, 0.29) is 5.91 Å². The third kappa shape index (κ3) is 5.14. The number of carbonyl (C=O) groups excluding carboxylic acids is 1. The molecule has 0 aliphatic carbocycles. The average Bonchev–Trinajstić information content (AvgIpc) is 2.59. The smallest absolute Gasteiger partial charge is 0.270 e. The largest absolute Gasteiger partial charge is 0.378 e. The van der Waals surface area contributed by atoms with Crippen molar-refractivity contribution in [3.63, 3.8) is 0 Å². The van der Waals surface area contributed by atoms with E-state index in [2.05, 4.69) is 38.9 Å². The fourth-order valence-corrected chi connectivity index (χ4v) is 2.53. The lowest BCUT2D eigenvalue weighted by atomic mass is 10.3. The lowest BCUT2D eigenvalue weighted by Gasteiger charge is -2.27. The van der Waals surface area contributed by atoms with Gasteiger partial charge < -0.3 is 19.9 Å². The van der Waals surface area contributed by atoms with Crippen LogP contribution in [0.1, 0.15) is 30.0 Å². The summed E-state index contributed by atoms with van der Waals surface area (Å²) in [6.07, 6.45) is 0. The molecule has 1 aromatic heterocycles. The Kier molecular flexibility index (Phi) is 6.73. The van der Waals surface area contributed by atoms with Gasteiger partial charge in [0.25, 0.3) is 5.91 Å². The minimum atomic E-state index is -0.142. The van der Waals surface area contributed by atoms with Gasteiger partial charge in [0.05, 0.1) is 13.2 Å². The molecule has 23 heavy (non-hydrogen) atoms. The molecule has 7 heteroatoms. The fraction of sp³-hybridized carbons (Fsp3) is 0.688. The zero-order valence-electron chi connectivity index (χ0n) is 14.3. The Bertz CT molecular complexity index is 513. The highest BCUT2D eigenvalue weighted by molar-refractivity contribution is 5.92. The van der Waals surface area contributed by atoms with E-state index in [0.717, 1.165) is 38.4 Å². The molecule has 1 amide bonds. The zero-order chi connectivity index (χ0) is 16.7. The molecule has 1 saturated heterocycles. The molecule has 0 spiro atoms. The highest BCUT2D eigenvalue weighted by Crippen LogP contribution is 2.12. The topological polar surface area (TPSA) is 70.6 Å². The second kappa shape index (κ2) is 8.79. The number of amides is 1. The van der Waals surface area contributed by atoms with Gasteiger partial charge in [-0.2, -0.15) is 0 Å². The van der Waals surface area contributed by atoms with Gasteiger partial charge in [-0.1, -0.05) is 13.8 Å². The van der Waals surface area contributed by atoms with Gasteiger partial charge in [0.1, 0.15) is 5.69 Å². The van der Waals surface area contributed by atoms with Crippen molar-refractivity contribution in [2.45, 2.75) is 20.8 Å². The fourth-order valence-electron chi connectivity index (χ4n) is 2.53. The van der Waals surface area contributed by atoms with Crippen LogP contribution < -0.4 is 10.2 Å². The molecular formula is C16H27N5O2. The van der Waals surface area contributed by atoms with Crippen molar-refractivity contribution in [3.05, 3.63) is 17.5 Å². The maximum atomic E-state index is 12.3. The number of ether oxygens (including phenoxy) is 1. The van der Waals surface area contributed by atoms with Crippen molar-refractivity contribution in [1.29, 1.82) is 0 Å². The third-order valence-corrected chi connectivity index (χ3v) is 3.98. The Balaban J connectivity index is 1.98. The minimum absolute atomic E-state index is 0.142. The number of aryl methyl sites for hydroxylation is 1. The lowest BCUT2D eigenvalue weighted by Crippen LogP contribution is -2.38. The number of anilines is 1. The zero-order valence-corrected chi connectivity index (χ0v) is 14.3. The summed E-state index contributed by atoms with van der Waals surface area (Å²) < 4.78 is 5.34. The molecule has 0 atom stereocenters. The van der Waals surface area contributed by atoms with Crippen LogP contribution in [0.25, 0.3) is 0 Å². The van der Waals surface area contributed by atoms with Crippen molar-refractivity contribution < 1.29 is 9.53 Å². The lowest BCUT2D eigenvalue weighted by molar-refractivity contribution is 0.0943. The van der Waals surface area contributed by atoms with Gasteiger partial charge in [-0.05, 0) is 26.1 Å². The Labute approximate surface area is 138 Å². The Hall–Kier alpha value is -1.73. The molecule has 2 rings (SSSR count). The maximum absolute atomic E-state index is 12.3. The van der Waals surface area contributed by atoms with E-state index in [0.29, 0.717) is 31.4 Å². The molecule has 1 N–H and O–H groups in total. The summed E-state index contributed by atoms with van der Waals surface area (Å²) >= 11 is 0. The number of aromatic nitrogens is 2. The Morgan fingerprint density at radius 2 is 2.00 bits per heavy atom. The van der Waals surface area contributed by atoms with Crippen molar-refractivity contribution in [1.82, 2.24) is 20.2 Å². The van der Waals surface area contributed by atoms with E-state index in [1.807, 2.05) is 6.92 Å². The van der Waals surface area contributed by atoms with Crippen LogP contribution in [-0.4, -0.2) is 73.3 Å². The quantitative estimate of drug-likeness (QED) is 0.797. The van der Waals surface area contributed by atoms with E-state index >= 15 is 0 Å². The molecule has 0 saturated carbocycles. The SMILES string of the molecule is CCN(CC)CCNC(=O)c1cc(C)nc(N2CCOCC2)n1. The van der Waals surface area contributed by atoms with Crippen molar-refractivity contribution in [2.24, 2.45) is 0 Å². The summed E-state index contributed by atoms with van der Waals surface area (Å²) in [5.74, 6) is 0.472. The van der Waals surface area contributed by atoms with Gasteiger partial charge in [0.15, 0.2) is 0 Å². The highest BCUT2D eigenvalue weighted by atomic mass is 16.5. The Morgan fingerprint density at radius 3 is 2.65 bits per heavy atom. The monoisotopic (exact) mass is 321 g/mol. The van der Waals surface area contributed by atoms with Gasteiger partial charge >= 0.3 is 0 Å². The van der Waals surface area contributed by atoms with Crippen LogP contribution in [0.3, 0.4) is 0 Å². The number of hydrogen-bond acceptors (Lipinski definition) is 6. The minimum Gasteiger partial charge on any atom is -0.378 e. The molecule has 0 radical (unpaired) electrons. The van der Waals surface area contributed by atoms with Gasteiger partial charge in [-0.15, -0.1) is 0 Å².